The number of rotatable bonds is 3. The van der Waals surface area contributed by atoms with E-state index in [1.807, 2.05) is 0 Å². The molecule has 0 unspecified atom stereocenters. The monoisotopic (exact) mass is 236 g/mol. The standard InChI is InChI=1S/C11H12N2O4/c1-6-7(9(13-16)10(12)14)4-3-5-8(6)11(15)17-2/h3-5,16H,1-2H3,(H2,12,14). The van der Waals surface area contributed by atoms with E-state index in [1.165, 1.54) is 13.2 Å². The molecule has 0 aliphatic rings. The van der Waals surface area contributed by atoms with Crippen LogP contribution in [0.15, 0.2) is 23.4 Å². The minimum atomic E-state index is -0.877. The van der Waals surface area contributed by atoms with Crippen LogP contribution in [0, 0.1) is 6.92 Å². The normalized spacial score (nSPS) is 11.1. The molecule has 0 radical (unpaired) electrons. The van der Waals surface area contributed by atoms with Gasteiger partial charge in [-0.25, -0.2) is 4.79 Å². The van der Waals surface area contributed by atoms with Crippen molar-refractivity contribution in [3.8, 4) is 0 Å². The fraction of sp³-hybridized carbons (Fsp3) is 0.182. The second kappa shape index (κ2) is 5.11. The molecule has 0 aromatic heterocycles. The Hall–Kier alpha value is -2.37. The minimum absolute atomic E-state index is 0.285. The predicted octanol–water partition coefficient (Wildman–Crippen LogP) is 0.445. The molecule has 0 aliphatic carbocycles. The van der Waals surface area contributed by atoms with E-state index < -0.39 is 11.9 Å². The van der Waals surface area contributed by atoms with E-state index in [0.717, 1.165) is 0 Å². The highest BCUT2D eigenvalue weighted by atomic mass is 16.5. The maximum atomic E-state index is 11.4. The molecular formula is C11H12N2O4. The molecule has 1 aromatic carbocycles. The van der Waals surface area contributed by atoms with E-state index in [0.29, 0.717) is 11.1 Å². The van der Waals surface area contributed by atoms with Crippen molar-refractivity contribution in [2.75, 3.05) is 7.11 Å². The van der Waals surface area contributed by atoms with Gasteiger partial charge in [0, 0.05) is 5.56 Å². The molecule has 1 rings (SSSR count). The number of methoxy groups -OCH3 is 1. The third-order valence-corrected chi connectivity index (χ3v) is 2.33. The number of oxime groups is 1. The van der Waals surface area contributed by atoms with Gasteiger partial charge in [-0.05, 0) is 18.6 Å². The smallest absolute Gasteiger partial charge is 0.338 e. The first-order chi connectivity index (χ1) is 8.02. The van der Waals surface area contributed by atoms with Gasteiger partial charge in [0.25, 0.3) is 5.91 Å². The van der Waals surface area contributed by atoms with Crippen LogP contribution < -0.4 is 5.73 Å². The first-order valence-electron chi connectivity index (χ1n) is 4.73. The van der Waals surface area contributed by atoms with Crippen LogP contribution in [0.2, 0.25) is 0 Å². The first kappa shape index (κ1) is 12.7. The average Bonchev–Trinajstić information content (AvgIpc) is 2.31. The summed E-state index contributed by atoms with van der Waals surface area (Å²) in [6.07, 6.45) is 0. The fourth-order valence-corrected chi connectivity index (χ4v) is 1.46. The Morgan fingerprint density at radius 2 is 1.94 bits per heavy atom. The number of nitrogens with two attached hydrogens (primary N) is 1. The molecule has 6 nitrogen and oxygen atoms in total. The molecular weight excluding hydrogens is 224 g/mol. The lowest BCUT2D eigenvalue weighted by Crippen LogP contribution is -2.25. The van der Waals surface area contributed by atoms with Crippen LogP contribution in [0.4, 0.5) is 0 Å². The van der Waals surface area contributed by atoms with Crippen molar-refractivity contribution in [2.45, 2.75) is 6.92 Å². The van der Waals surface area contributed by atoms with E-state index in [2.05, 4.69) is 9.89 Å². The summed E-state index contributed by atoms with van der Waals surface area (Å²) in [6.45, 7) is 1.61. The Bertz CT molecular complexity index is 494. The molecule has 0 saturated carbocycles. The topological polar surface area (TPSA) is 102 Å². The van der Waals surface area contributed by atoms with Crippen molar-refractivity contribution in [3.05, 3.63) is 34.9 Å². The Balaban J connectivity index is 3.38. The minimum Gasteiger partial charge on any atom is -0.465 e. The maximum absolute atomic E-state index is 11.4. The van der Waals surface area contributed by atoms with Crippen LogP contribution >= 0.6 is 0 Å². The highest BCUT2D eigenvalue weighted by molar-refractivity contribution is 6.45. The van der Waals surface area contributed by atoms with Gasteiger partial charge in [-0.1, -0.05) is 17.3 Å². The number of benzene rings is 1. The zero-order valence-electron chi connectivity index (χ0n) is 9.43. The quantitative estimate of drug-likeness (QED) is 0.344. The van der Waals surface area contributed by atoms with Crippen molar-refractivity contribution in [3.63, 3.8) is 0 Å². The van der Waals surface area contributed by atoms with Gasteiger partial charge in [0.2, 0.25) is 0 Å². The predicted molar refractivity (Wildman–Crippen MR) is 60.0 cm³/mol. The fourth-order valence-electron chi connectivity index (χ4n) is 1.46. The molecule has 0 spiro atoms. The molecule has 90 valence electrons. The summed E-state index contributed by atoms with van der Waals surface area (Å²) in [5.74, 6) is -1.41. The molecule has 0 heterocycles. The Kier molecular flexibility index (Phi) is 3.82. The van der Waals surface area contributed by atoms with Crippen molar-refractivity contribution in [2.24, 2.45) is 10.9 Å². The van der Waals surface area contributed by atoms with Gasteiger partial charge in [-0.15, -0.1) is 0 Å². The first-order valence-corrected chi connectivity index (χ1v) is 4.73. The summed E-state index contributed by atoms with van der Waals surface area (Å²) >= 11 is 0. The summed E-state index contributed by atoms with van der Waals surface area (Å²) < 4.78 is 4.59. The van der Waals surface area contributed by atoms with Gasteiger partial charge in [0.1, 0.15) is 0 Å². The summed E-state index contributed by atoms with van der Waals surface area (Å²) in [7, 11) is 1.25. The number of carbonyl (C=O) groups excluding carboxylic acids is 2. The molecule has 0 fully saturated rings. The number of amides is 1. The third kappa shape index (κ3) is 2.41. The Morgan fingerprint density at radius 1 is 1.35 bits per heavy atom. The number of primary amides is 1. The molecule has 6 heteroatoms. The summed E-state index contributed by atoms with van der Waals surface area (Å²) in [6, 6.07) is 4.62. The maximum Gasteiger partial charge on any atom is 0.338 e. The molecule has 1 aromatic rings. The van der Waals surface area contributed by atoms with Crippen LogP contribution in [0.5, 0.6) is 0 Å². The van der Waals surface area contributed by atoms with Gasteiger partial charge in [-0.2, -0.15) is 0 Å². The van der Waals surface area contributed by atoms with Crippen molar-refractivity contribution in [1.82, 2.24) is 0 Å². The lowest BCUT2D eigenvalue weighted by atomic mass is 9.98. The number of carbonyl (C=O) groups is 2. The number of ether oxygens (including phenoxy) is 1. The van der Waals surface area contributed by atoms with Crippen LogP contribution in [0.1, 0.15) is 21.5 Å². The molecule has 3 N–H and O–H groups in total. The third-order valence-electron chi connectivity index (χ3n) is 2.33. The number of nitrogens with zero attached hydrogens (tertiary/aromatic N) is 1. The van der Waals surface area contributed by atoms with Crippen LogP contribution in [-0.4, -0.2) is 29.9 Å². The Labute approximate surface area is 97.7 Å². The summed E-state index contributed by atoms with van der Waals surface area (Å²) in [4.78, 5) is 22.5. The van der Waals surface area contributed by atoms with Gasteiger partial charge < -0.3 is 15.7 Å². The van der Waals surface area contributed by atoms with E-state index in [1.54, 1.807) is 19.1 Å². The zero-order chi connectivity index (χ0) is 13.0. The van der Waals surface area contributed by atoms with Crippen molar-refractivity contribution < 1.29 is 19.5 Å². The lowest BCUT2D eigenvalue weighted by Gasteiger charge is -2.09. The van der Waals surface area contributed by atoms with Crippen molar-refractivity contribution in [1.29, 1.82) is 0 Å². The van der Waals surface area contributed by atoms with Gasteiger partial charge >= 0.3 is 5.97 Å². The van der Waals surface area contributed by atoms with Crippen LogP contribution in [0.3, 0.4) is 0 Å². The van der Waals surface area contributed by atoms with Crippen molar-refractivity contribution >= 4 is 17.6 Å². The number of hydrogen-bond acceptors (Lipinski definition) is 5. The van der Waals surface area contributed by atoms with Gasteiger partial charge in [0.15, 0.2) is 5.71 Å². The van der Waals surface area contributed by atoms with Gasteiger partial charge in [-0.3, -0.25) is 4.79 Å². The highest BCUT2D eigenvalue weighted by Gasteiger charge is 2.18. The molecule has 0 bridgehead atoms. The van der Waals surface area contributed by atoms with E-state index in [-0.39, 0.29) is 11.3 Å². The second-order valence-electron chi connectivity index (χ2n) is 3.28. The Morgan fingerprint density at radius 3 is 2.41 bits per heavy atom. The molecule has 17 heavy (non-hydrogen) atoms. The average molecular weight is 236 g/mol. The SMILES string of the molecule is COC(=O)c1cccc(C(=NO)C(N)=O)c1C. The molecule has 1 amide bonds. The molecule has 0 aliphatic heterocycles. The van der Waals surface area contributed by atoms with E-state index >= 15 is 0 Å². The van der Waals surface area contributed by atoms with Crippen LogP contribution in [-0.2, 0) is 9.53 Å². The summed E-state index contributed by atoms with van der Waals surface area (Å²) in [5.41, 5.74) is 5.81. The number of esters is 1. The molecule has 0 atom stereocenters. The highest BCUT2D eigenvalue weighted by Crippen LogP contribution is 2.15. The zero-order valence-corrected chi connectivity index (χ0v) is 9.43. The van der Waals surface area contributed by atoms with Gasteiger partial charge in [0.05, 0.1) is 12.7 Å². The number of hydrogen-bond donors (Lipinski definition) is 2. The summed E-state index contributed by atoms with van der Waals surface area (Å²) in [5, 5.41) is 11.6. The lowest BCUT2D eigenvalue weighted by molar-refractivity contribution is -0.112. The second-order valence-corrected chi connectivity index (χ2v) is 3.28. The largest absolute Gasteiger partial charge is 0.465 e. The van der Waals surface area contributed by atoms with E-state index in [9.17, 15) is 9.59 Å². The van der Waals surface area contributed by atoms with Crippen LogP contribution in [0.25, 0.3) is 0 Å². The van der Waals surface area contributed by atoms with E-state index in [4.69, 9.17) is 10.9 Å². The molecule has 0 saturated heterocycles.